The summed E-state index contributed by atoms with van der Waals surface area (Å²) in [4.78, 5) is 14.8. The standard InChI is InChI=1S/C23H24ClFN2O5S/c1-31-14-12-27(33(29,30)22-10-6-19(24)7-11-22)17-23(28)26(16-21-3-2-13-32-21)15-18-4-8-20(25)9-5-18/h2-11,13H,12,14-17H2,1H3. The number of ether oxygens (including phenoxy) is 1. The Kier molecular flexibility index (Phi) is 8.62. The molecule has 1 heterocycles. The summed E-state index contributed by atoms with van der Waals surface area (Å²) in [6.45, 7) is -0.0357. The Morgan fingerprint density at radius 2 is 1.76 bits per heavy atom. The van der Waals surface area contributed by atoms with Crippen molar-refractivity contribution in [3.05, 3.63) is 89.1 Å². The molecule has 0 aliphatic rings. The first kappa shape index (κ1) is 24.9. The van der Waals surface area contributed by atoms with E-state index in [9.17, 15) is 17.6 Å². The Labute approximate surface area is 197 Å². The minimum Gasteiger partial charge on any atom is -0.467 e. The molecule has 7 nitrogen and oxygen atoms in total. The highest BCUT2D eigenvalue weighted by atomic mass is 35.5. The number of hydrogen-bond acceptors (Lipinski definition) is 5. The van der Waals surface area contributed by atoms with Crippen molar-refractivity contribution in [3.63, 3.8) is 0 Å². The summed E-state index contributed by atoms with van der Waals surface area (Å²) in [6, 6.07) is 14.9. The Balaban J connectivity index is 1.85. The van der Waals surface area contributed by atoms with Gasteiger partial charge in [0.15, 0.2) is 0 Å². The fourth-order valence-electron chi connectivity index (χ4n) is 3.12. The predicted molar refractivity (Wildman–Crippen MR) is 121 cm³/mol. The molecule has 1 amide bonds. The second kappa shape index (κ2) is 11.4. The van der Waals surface area contributed by atoms with Crippen LogP contribution in [0.1, 0.15) is 11.3 Å². The monoisotopic (exact) mass is 494 g/mol. The smallest absolute Gasteiger partial charge is 0.243 e. The Morgan fingerprint density at radius 3 is 2.36 bits per heavy atom. The quantitative estimate of drug-likeness (QED) is 0.403. The first-order valence-corrected chi connectivity index (χ1v) is 11.9. The molecule has 0 aliphatic carbocycles. The molecule has 0 N–H and O–H groups in total. The number of benzene rings is 2. The fraction of sp³-hybridized carbons (Fsp3) is 0.261. The van der Waals surface area contributed by atoms with E-state index >= 15 is 0 Å². The van der Waals surface area contributed by atoms with Gasteiger partial charge in [-0.15, -0.1) is 0 Å². The van der Waals surface area contributed by atoms with Crippen molar-refractivity contribution in [2.24, 2.45) is 0 Å². The van der Waals surface area contributed by atoms with Crippen molar-refractivity contribution in [2.45, 2.75) is 18.0 Å². The van der Waals surface area contributed by atoms with Gasteiger partial charge in [0.25, 0.3) is 0 Å². The van der Waals surface area contributed by atoms with Crippen molar-refractivity contribution in [3.8, 4) is 0 Å². The lowest BCUT2D eigenvalue weighted by atomic mass is 10.2. The van der Waals surface area contributed by atoms with E-state index < -0.39 is 22.5 Å². The van der Waals surface area contributed by atoms with E-state index in [1.54, 1.807) is 24.3 Å². The second-order valence-electron chi connectivity index (χ2n) is 7.24. The first-order chi connectivity index (χ1) is 15.8. The van der Waals surface area contributed by atoms with Gasteiger partial charge in [-0.3, -0.25) is 4.79 Å². The van der Waals surface area contributed by atoms with E-state index in [2.05, 4.69) is 0 Å². The summed E-state index contributed by atoms with van der Waals surface area (Å²) in [5.74, 6) is -0.290. The molecule has 2 aromatic carbocycles. The molecule has 0 fully saturated rings. The van der Waals surface area contributed by atoms with Crippen LogP contribution in [0.4, 0.5) is 4.39 Å². The maximum absolute atomic E-state index is 13.3. The van der Waals surface area contributed by atoms with Crippen molar-refractivity contribution >= 4 is 27.5 Å². The van der Waals surface area contributed by atoms with Gasteiger partial charge >= 0.3 is 0 Å². The highest BCUT2D eigenvalue weighted by Crippen LogP contribution is 2.20. The van der Waals surface area contributed by atoms with Gasteiger partial charge < -0.3 is 14.1 Å². The number of sulfonamides is 1. The van der Waals surface area contributed by atoms with E-state index in [1.807, 2.05) is 0 Å². The zero-order chi connectivity index (χ0) is 23.8. The van der Waals surface area contributed by atoms with Crippen LogP contribution in [0, 0.1) is 5.82 Å². The van der Waals surface area contributed by atoms with Gasteiger partial charge in [-0.2, -0.15) is 4.31 Å². The molecule has 0 radical (unpaired) electrons. The average molecular weight is 495 g/mol. The lowest BCUT2D eigenvalue weighted by molar-refractivity contribution is -0.133. The number of rotatable bonds is 11. The molecular formula is C23H24ClFN2O5S. The van der Waals surface area contributed by atoms with E-state index in [4.69, 9.17) is 20.8 Å². The summed E-state index contributed by atoms with van der Waals surface area (Å²) in [5.41, 5.74) is 0.695. The molecule has 3 rings (SSSR count). The molecule has 0 aliphatic heterocycles. The molecular weight excluding hydrogens is 471 g/mol. The van der Waals surface area contributed by atoms with Crippen molar-refractivity contribution in [1.29, 1.82) is 0 Å². The summed E-state index contributed by atoms with van der Waals surface area (Å²) in [7, 11) is -2.53. The molecule has 0 atom stereocenters. The third kappa shape index (κ3) is 6.88. The Morgan fingerprint density at radius 1 is 1.06 bits per heavy atom. The minimum absolute atomic E-state index is 0.0155. The number of nitrogens with zero attached hydrogens (tertiary/aromatic N) is 2. The number of furan rings is 1. The summed E-state index contributed by atoms with van der Waals surface area (Å²) < 4.78 is 51.2. The zero-order valence-electron chi connectivity index (χ0n) is 18.0. The number of amides is 1. The second-order valence-corrected chi connectivity index (χ2v) is 9.62. The van der Waals surface area contributed by atoms with Crippen LogP contribution in [0.3, 0.4) is 0 Å². The molecule has 176 valence electrons. The molecule has 0 saturated carbocycles. The van der Waals surface area contributed by atoms with Crippen LogP contribution in [-0.4, -0.2) is 50.3 Å². The van der Waals surface area contributed by atoms with Gasteiger partial charge in [-0.1, -0.05) is 23.7 Å². The van der Waals surface area contributed by atoms with Crippen LogP contribution in [0.25, 0.3) is 0 Å². The molecule has 10 heteroatoms. The van der Waals surface area contributed by atoms with Crippen LogP contribution >= 0.6 is 11.6 Å². The molecule has 1 aromatic heterocycles. The third-order valence-electron chi connectivity index (χ3n) is 4.87. The Bertz CT molecular complexity index is 1140. The van der Waals surface area contributed by atoms with Gasteiger partial charge in [0, 0.05) is 25.2 Å². The zero-order valence-corrected chi connectivity index (χ0v) is 19.6. The van der Waals surface area contributed by atoms with Gasteiger partial charge in [-0.05, 0) is 54.1 Å². The first-order valence-electron chi connectivity index (χ1n) is 10.1. The van der Waals surface area contributed by atoms with E-state index in [1.165, 1.54) is 54.7 Å². The molecule has 0 unspecified atom stereocenters. The summed E-state index contributed by atoms with van der Waals surface area (Å²) in [6.07, 6.45) is 1.49. The summed E-state index contributed by atoms with van der Waals surface area (Å²) in [5, 5.41) is 0.400. The molecule has 33 heavy (non-hydrogen) atoms. The largest absolute Gasteiger partial charge is 0.467 e. The minimum atomic E-state index is -3.98. The van der Waals surface area contributed by atoms with Crippen LogP contribution in [0.2, 0.25) is 5.02 Å². The van der Waals surface area contributed by atoms with Crippen molar-refractivity contribution < 1.29 is 26.8 Å². The van der Waals surface area contributed by atoms with E-state index in [0.29, 0.717) is 16.3 Å². The molecule has 0 spiro atoms. The SMILES string of the molecule is COCCN(CC(=O)N(Cc1ccc(F)cc1)Cc1ccco1)S(=O)(=O)c1ccc(Cl)cc1. The number of hydrogen-bond donors (Lipinski definition) is 0. The maximum Gasteiger partial charge on any atom is 0.243 e. The number of carbonyl (C=O) groups excluding carboxylic acids is 1. The van der Waals surface area contributed by atoms with Gasteiger partial charge in [0.05, 0.1) is 30.9 Å². The summed E-state index contributed by atoms with van der Waals surface area (Å²) >= 11 is 5.88. The number of carbonyl (C=O) groups is 1. The van der Waals surface area contributed by atoms with Crippen LogP contribution in [0.15, 0.2) is 76.2 Å². The fourth-order valence-corrected chi connectivity index (χ4v) is 4.62. The van der Waals surface area contributed by atoms with Crippen molar-refractivity contribution in [1.82, 2.24) is 9.21 Å². The number of halogens is 2. The van der Waals surface area contributed by atoms with Crippen LogP contribution in [-0.2, 0) is 32.6 Å². The Hall–Kier alpha value is -2.72. The lowest BCUT2D eigenvalue weighted by Crippen LogP contribution is -2.43. The lowest BCUT2D eigenvalue weighted by Gasteiger charge is -2.27. The van der Waals surface area contributed by atoms with Crippen LogP contribution < -0.4 is 0 Å². The molecule has 3 aromatic rings. The van der Waals surface area contributed by atoms with Crippen LogP contribution in [0.5, 0.6) is 0 Å². The number of methoxy groups -OCH3 is 1. The average Bonchev–Trinajstić information content (AvgIpc) is 3.31. The van der Waals surface area contributed by atoms with Gasteiger partial charge in [-0.25, -0.2) is 12.8 Å². The van der Waals surface area contributed by atoms with E-state index in [0.717, 1.165) is 4.31 Å². The van der Waals surface area contributed by atoms with Crippen molar-refractivity contribution in [2.75, 3.05) is 26.8 Å². The topological polar surface area (TPSA) is 80.1 Å². The van der Waals surface area contributed by atoms with E-state index in [-0.39, 0.29) is 37.0 Å². The maximum atomic E-state index is 13.3. The molecule has 0 saturated heterocycles. The highest BCUT2D eigenvalue weighted by molar-refractivity contribution is 7.89. The predicted octanol–water partition coefficient (Wildman–Crippen LogP) is 3.94. The third-order valence-corrected chi connectivity index (χ3v) is 6.99. The molecule has 0 bridgehead atoms. The normalized spacial score (nSPS) is 11.6. The van der Waals surface area contributed by atoms with Gasteiger partial charge in [0.2, 0.25) is 15.9 Å². The van der Waals surface area contributed by atoms with Gasteiger partial charge in [0.1, 0.15) is 11.6 Å². The highest BCUT2D eigenvalue weighted by Gasteiger charge is 2.29.